The minimum Gasteiger partial charge on any atom is -0.508 e. The van der Waals surface area contributed by atoms with Crippen LogP contribution in [0.1, 0.15) is 66.2 Å². The third kappa shape index (κ3) is 2.76. The predicted molar refractivity (Wildman–Crippen MR) is 135 cm³/mol. The Hall–Kier alpha value is -2.63. The number of hydrogen-bond acceptors (Lipinski definition) is 4. The number of rotatable bonds is 3. The topological polar surface area (TPSA) is 94.9 Å². The molecule has 36 heavy (non-hydrogen) atoms. The summed E-state index contributed by atoms with van der Waals surface area (Å²) in [5, 5.41) is 20.0. The van der Waals surface area contributed by atoms with Gasteiger partial charge in [0.05, 0.1) is 22.9 Å². The molecule has 192 valence electrons. The SMILES string of the molecule is CC(C)C1=C[C@@]23CC[C@@H]4[C@](C)(CCC[C@@]4(C)C(=O)O)[C@H]2C[C@H]1[C@H]1C(=O)N(c2ccc(O)cc2)C(=O)[C@H]13. The summed E-state index contributed by atoms with van der Waals surface area (Å²) in [4.78, 5) is 42.0. The fourth-order valence-corrected chi connectivity index (χ4v) is 9.81. The first-order chi connectivity index (χ1) is 17.0. The van der Waals surface area contributed by atoms with Crippen molar-refractivity contribution in [3.63, 3.8) is 0 Å². The molecule has 6 nitrogen and oxygen atoms in total. The fourth-order valence-electron chi connectivity index (χ4n) is 9.81. The van der Waals surface area contributed by atoms with E-state index in [1.165, 1.54) is 22.6 Å². The number of aliphatic carboxylic acids is 1. The Labute approximate surface area is 212 Å². The summed E-state index contributed by atoms with van der Waals surface area (Å²) < 4.78 is 0. The van der Waals surface area contributed by atoms with E-state index in [-0.39, 0.29) is 46.7 Å². The van der Waals surface area contributed by atoms with Crippen molar-refractivity contribution in [3.8, 4) is 5.75 Å². The van der Waals surface area contributed by atoms with E-state index < -0.39 is 22.7 Å². The Kier molecular flexibility index (Phi) is 4.92. The van der Waals surface area contributed by atoms with Crippen LogP contribution in [-0.2, 0) is 14.4 Å². The summed E-state index contributed by atoms with van der Waals surface area (Å²) in [6.07, 6.45) is 7.35. The minimum absolute atomic E-state index is 0.00836. The zero-order valence-electron chi connectivity index (χ0n) is 21.7. The van der Waals surface area contributed by atoms with Crippen LogP contribution in [0, 0.1) is 51.8 Å². The average molecular weight is 492 g/mol. The van der Waals surface area contributed by atoms with Crippen molar-refractivity contribution in [3.05, 3.63) is 35.9 Å². The van der Waals surface area contributed by atoms with E-state index in [0.717, 1.165) is 32.1 Å². The number of nitrogens with zero attached hydrogens (tertiary/aromatic N) is 1. The second-order valence-corrected chi connectivity index (χ2v) is 13.0. The quantitative estimate of drug-likeness (QED) is 0.436. The summed E-state index contributed by atoms with van der Waals surface area (Å²) in [6, 6.07) is 6.33. The Bertz CT molecular complexity index is 1190. The van der Waals surface area contributed by atoms with Crippen LogP contribution in [0.2, 0.25) is 0 Å². The highest BCUT2D eigenvalue weighted by Crippen LogP contribution is 2.74. The van der Waals surface area contributed by atoms with Crippen LogP contribution in [0.3, 0.4) is 0 Å². The highest BCUT2D eigenvalue weighted by molar-refractivity contribution is 6.23. The van der Waals surface area contributed by atoms with E-state index in [1.807, 2.05) is 6.92 Å². The molecular formula is C30H37NO5. The monoisotopic (exact) mass is 491 g/mol. The van der Waals surface area contributed by atoms with Gasteiger partial charge in [-0.25, -0.2) is 0 Å². The molecular weight excluding hydrogens is 454 g/mol. The zero-order chi connectivity index (χ0) is 25.8. The molecule has 1 heterocycles. The van der Waals surface area contributed by atoms with Gasteiger partial charge in [0.25, 0.3) is 0 Å². The van der Waals surface area contributed by atoms with Gasteiger partial charge >= 0.3 is 5.97 Å². The predicted octanol–water partition coefficient (Wildman–Crippen LogP) is 5.41. The standard InChI is InChI=1S/C30H37NO5/c1-16(2)20-15-30-13-10-21-28(3,11-5-12-29(21,4)27(35)36)22(30)14-19(20)23-24(30)26(34)31(25(23)33)17-6-8-18(32)9-7-17/h6-9,15-16,19,21-24,32H,5,10-14H2,1-4H3,(H,35,36)/t19-,21-,22-,23-,24+,28+,29-,30+/m1/s1. The Balaban J connectivity index is 1.49. The van der Waals surface area contributed by atoms with Gasteiger partial charge in [-0.1, -0.05) is 38.8 Å². The van der Waals surface area contributed by atoms with Gasteiger partial charge in [-0.15, -0.1) is 0 Å². The molecule has 2 bridgehead atoms. The molecule has 2 N–H and O–H groups in total. The molecule has 1 aliphatic heterocycles. The number of fused-ring (bicyclic) bond motifs is 1. The fraction of sp³-hybridized carbons (Fsp3) is 0.633. The molecule has 8 atom stereocenters. The van der Waals surface area contributed by atoms with Crippen LogP contribution >= 0.6 is 0 Å². The lowest BCUT2D eigenvalue weighted by Gasteiger charge is -2.68. The molecule has 2 amide bonds. The molecule has 3 saturated carbocycles. The number of imide groups is 1. The van der Waals surface area contributed by atoms with Crippen molar-refractivity contribution in [2.24, 2.45) is 51.8 Å². The number of amides is 2. The first kappa shape index (κ1) is 23.7. The van der Waals surface area contributed by atoms with Crippen LogP contribution in [0.15, 0.2) is 35.9 Å². The number of aromatic hydroxyl groups is 1. The third-order valence-electron chi connectivity index (χ3n) is 11.3. The van der Waals surface area contributed by atoms with Gasteiger partial charge in [-0.05, 0) is 92.4 Å². The molecule has 1 saturated heterocycles. The van der Waals surface area contributed by atoms with E-state index in [1.54, 1.807) is 12.1 Å². The molecule has 5 aliphatic carbocycles. The van der Waals surface area contributed by atoms with Crippen molar-refractivity contribution in [2.45, 2.75) is 66.2 Å². The summed E-state index contributed by atoms with van der Waals surface area (Å²) in [5.41, 5.74) is 0.482. The van der Waals surface area contributed by atoms with Gasteiger partial charge in [0.2, 0.25) is 11.8 Å². The minimum atomic E-state index is -0.747. The molecule has 0 radical (unpaired) electrons. The maximum atomic E-state index is 14.2. The number of phenolic OH excluding ortho intramolecular Hbond substituents is 1. The number of carboxylic acids is 1. The maximum Gasteiger partial charge on any atom is 0.309 e. The smallest absolute Gasteiger partial charge is 0.309 e. The van der Waals surface area contributed by atoms with Gasteiger partial charge in [0, 0.05) is 5.41 Å². The van der Waals surface area contributed by atoms with E-state index in [4.69, 9.17) is 0 Å². The molecule has 0 unspecified atom stereocenters. The second kappa shape index (κ2) is 7.45. The van der Waals surface area contributed by atoms with E-state index in [0.29, 0.717) is 18.0 Å². The Morgan fingerprint density at radius 2 is 1.72 bits per heavy atom. The van der Waals surface area contributed by atoms with Crippen LogP contribution in [-0.4, -0.2) is 28.0 Å². The molecule has 6 heteroatoms. The number of carbonyl (C=O) groups excluding carboxylic acids is 2. The summed E-state index contributed by atoms with van der Waals surface area (Å²) in [7, 11) is 0. The van der Waals surface area contributed by atoms with Gasteiger partial charge in [0.1, 0.15) is 5.75 Å². The first-order valence-electron chi connectivity index (χ1n) is 13.6. The molecule has 4 fully saturated rings. The molecule has 0 aromatic heterocycles. The van der Waals surface area contributed by atoms with Crippen molar-refractivity contribution in [1.29, 1.82) is 0 Å². The summed E-state index contributed by atoms with van der Waals surface area (Å²) >= 11 is 0. The van der Waals surface area contributed by atoms with Gasteiger partial charge in [0.15, 0.2) is 0 Å². The molecule has 6 aliphatic rings. The number of carboxylic acid groups (broad SMARTS) is 1. The average Bonchev–Trinajstić information content (AvgIpc) is 3.11. The van der Waals surface area contributed by atoms with Crippen molar-refractivity contribution in [1.82, 2.24) is 0 Å². The van der Waals surface area contributed by atoms with Crippen molar-refractivity contribution in [2.75, 3.05) is 4.90 Å². The third-order valence-corrected chi connectivity index (χ3v) is 11.3. The van der Waals surface area contributed by atoms with Crippen LogP contribution in [0.25, 0.3) is 0 Å². The Morgan fingerprint density at radius 3 is 2.36 bits per heavy atom. The molecule has 7 rings (SSSR count). The Morgan fingerprint density at radius 1 is 1.03 bits per heavy atom. The summed E-state index contributed by atoms with van der Waals surface area (Å²) in [6.45, 7) is 8.59. The number of phenols is 1. The maximum absolute atomic E-state index is 14.2. The zero-order valence-corrected chi connectivity index (χ0v) is 21.7. The van der Waals surface area contributed by atoms with Gasteiger partial charge < -0.3 is 10.2 Å². The number of anilines is 1. The normalized spacial score (nSPS) is 43.2. The summed E-state index contributed by atoms with van der Waals surface area (Å²) in [5.74, 6) is -1.04. The number of benzene rings is 1. The lowest BCUT2D eigenvalue weighted by molar-refractivity contribution is -0.194. The number of hydrogen-bond donors (Lipinski definition) is 2. The lowest BCUT2D eigenvalue weighted by Crippen LogP contribution is -2.65. The van der Waals surface area contributed by atoms with Gasteiger partial charge in [-0.2, -0.15) is 0 Å². The van der Waals surface area contributed by atoms with Crippen molar-refractivity contribution < 1.29 is 24.6 Å². The van der Waals surface area contributed by atoms with E-state index >= 15 is 0 Å². The van der Waals surface area contributed by atoms with Crippen LogP contribution in [0.4, 0.5) is 5.69 Å². The van der Waals surface area contributed by atoms with Crippen LogP contribution < -0.4 is 4.90 Å². The lowest BCUT2D eigenvalue weighted by atomic mass is 9.34. The molecule has 1 spiro atoms. The largest absolute Gasteiger partial charge is 0.508 e. The van der Waals surface area contributed by atoms with Crippen LogP contribution in [0.5, 0.6) is 5.75 Å². The number of carbonyl (C=O) groups is 3. The molecule has 1 aromatic carbocycles. The van der Waals surface area contributed by atoms with E-state index in [9.17, 15) is 24.6 Å². The number of allylic oxidation sites excluding steroid dienone is 2. The second-order valence-electron chi connectivity index (χ2n) is 13.0. The molecule has 1 aromatic rings. The van der Waals surface area contributed by atoms with Gasteiger partial charge in [-0.3, -0.25) is 19.3 Å². The van der Waals surface area contributed by atoms with Crippen molar-refractivity contribution >= 4 is 23.5 Å². The highest BCUT2D eigenvalue weighted by atomic mass is 16.4. The first-order valence-corrected chi connectivity index (χ1v) is 13.6. The van der Waals surface area contributed by atoms with E-state index in [2.05, 4.69) is 26.8 Å². The highest BCUT2D eigenvalue weighted by Gasteiger charge is 2.73.